The number of nitrogens with one attached hydrogen (secondary N) is 2. The topological polar surface area (TPSA) is 44.4 Å². The lowest BCUT2D eigenvalue weighted by atomic mass is 10.0. The molecule has 4 heteroatoms. The summed E-state index contributed by atoms with van der Waals surface area (Å²) in [6.45, 7) is 10.1. The van der Waals surface area contributed by atoms with Crippen LogP contribution in [-0.2, 0) is 4.79 Å². The molecule has 1 amide bonds. The summed E-state index contributed by atoms with van der Waals surface area (Å²) >= 11 is 0. The molecule has 1 aliphatic rings. The summed E-state index contributed by atoms with van der Waals surface area (Å²) in [5.74, 6) is 0.587. The van der Waals surface area contributed by atoms with Gasteiger partial charge < -0.3 is 10.6 Å². The summed E-state index contributed by atoms with van der Waals surface area (Å²) in [5, 5.41) is 6.31. The van der Waals surface area contributed by atoms with E-state index in [1.807, 2.05) is 19.1 Å². The van der Waals surface area contributed by atoms with Crippen LogP contribution in [0.1, 0.15) is 32.3 Å². The van der Waals surface area contributed by atoms with Gasteiger partial charge in [-0.05, 0) is 30.5 Å². The molecule has 1 saturated heterocycles. The highest BCUT2D eigenvalue weighted by Crippen LogP contribution is 2.17. The highest BCUT2D eigenvalue weighted by atomic mass is 16.2. The summed E-state index contributed by atoms with van der Waals surface area (Å²) in [4.78, 5) is 14.5. The van der Waals surface area contributed by atoms with Gasteiger partial charge in [0, 0.05) is 31.9 Å². The maximum Gasteiger partial charge on any atom is 0.241 e. The number of hydrogen-bond acceptors (Lipinski definition) is 3. The van der Waals surface area contributed by atoms with E-state index in [1.165, 1.54) is 5.56 Å². The minimum Gasteiger partial charge on any atom is -0.325 e. The molecule has 0 bridgehead atoms. The smallest absolute Gasteiger partial charge is 0.241 e. The monoisotopic (exact) mass is 275 g/mol. The largest absolute Gasteiger partial charge is 0.325 e. The van der Waals surface area contributed by atoms with E-state index in [-0.39, 0.29) is 11.9 Å². The lowest BCUT2D eigenvalue weighted by molar-refractivity contribution is -0.120. The highest BCUT2D eigenvalue weighted by molar-refractivity contribution is 5.94. The molecule has 2 N–H and O–H groups in total. The Bertz CT molecular complexity index is 436. The third-order valence-corrected chi connectivity index (χ3v) is 3.92. The minimum atomic E-state index is -0.0816. The van der Waals surface area contributed by atoms with Crippen LogP contribution in [0.3, 0.4) is 0 Å². The van der Waals surface area contributed by atoms with Gasteiger partial charge in [0.25, 0.3) is 0 Å². The Labute approximate surface area is 121 Å². The molecule has 1 unspecified atom stereocenters. The Hall–Kier alpha value is -1.39. The third-order valence-electron chi connectivity index (χ3n) is 3.92. The number of carbonyl (C=O) groups excluding carboxylic acids is 1. The van der Waals surface area contributed by atoms with E-state index in [1.54, 1.807) is 0 Å². The minimum absolute atomic E-state index is 0.0733. The predicted molar refractivity (Wildman–Crippen MR) is 83.1 cm³/mol. The summed E-state index contributed by atoms with van der Waals surface area (Å²) in [6.07, 6.45) is 0. The van der Waals surface area contributed by atoms with E-state index in [0.29, 0.717) is 5.92 Å². The molecule has 1 atom stereocenters. The first-order valence-corrected chi connectivity index (χ1v) is 7.43. The lowest BCUT2D eigenvalue weighted by Crippen LogP contribution is -2.51. The van der Waals surface area contributed by atoms with Crippen molar-refractivity contribution in [1.82, 2.24) is 10.2 Å². The highest BCUT2D eigenvalue weighted by Gasteiger charge is 2.22. The van der Waals surface area contributed by atoms with Crippen molar-refractivity contribution >= 4 is 11.6 Å². The maximum absolute atomic E-state index is 12.3. The van der Waals surface area contributed by atoms with Crippen LogP contribution in [-0.4, -0.2) is 43.0 Å². The number of amides is 1. The fraction of sp³-hybridized carbons (Fsp3) is 0.562. The lowest BCUT2D eigenvalue weighted by Gasteiger charge is -2.31. The van der Waals surface area contributed by atoms with Crippen LogP contribution in [0.2, 0.25) is 0 Å². The zero-order valence-electron chi connectivity index (χ0n) is 12.6. The average Bonchev–Trinajstić information content (AvgIpc) is 2.48. The molecular weight excluding hydrogens is 250 g/mol. The molecule has 0 aliphatic carbocycles. The first-order valence-electron chi connectivity index (χ1n) is 7.43. The van der Waals surface area contributed by atoms with Gasteiger partial charge in [-0.15, -0.1) is 0 Å². The number of hydrogen-bond donors (Lipinski definition) is 2. The van der Waals surface area contributed by atoms with Crippen molar-refractivity contribution in [2.45, 2.75) is 32.7 Å². The molecule has 1 aromatic rings. The number of carbonyl (C=O) groups is 1. The van der Waals surface area contributed by atoms with E-state index in [0.717, 1.165) is 31.9 Å². The standard InChI is InChI=1S/C16H25N3O/c1-12(2)14-4-6-15(7-5-14)18-16(20)13(3)19-10-8-17-9-11-19/h4-7,12-13,17H,8-11H2,1-3H3,(H,18,20). The molecule has 2 rings (SSSR count). The second kappa shape index (κ2) is 6.86. The first kappa shape index (κ1) is 15.0. The predicted octanol–water partition coefficient (Wildman–Crippen LogP) is 2.04. The molecular formula is C16H25N3O. The van der Waals surface area contributed by atoms with Crippen LogP contribution in [0.25, 0.3) is 0 Å². The summed E-state index contributed by atoms with van der Waals surface area (Å²) in [5.41, 5.74) is 2.17. The van der Waals surface area contributed by atoms with Crippen molar-refractivity contribution in [3.63, 3.8) is 0 Å². The van der Waals surface area contributed by atoms with Crippen LogP contribution in [0.5, 0.6) is 0 Å². The van der Waals surface area contributed by atoms with Gasteiger partial charge in [-0.1, -0.05) is 26.0 Å². The molecule has 1 aliphatic heterocycles. The van der Waals surface area contributed by atoms with Crippen molar-refractivity contribution in [1.29, 1.82) is 0 Å². The van der Waals surface area contributed by atoms with Crippen molar-refractivity contribution in [3.8, 4) is 0 Å². The summed E-state index contributed by atoms with van der Waals surface area (Å²) in [7, 11) is 0. The van der Waals surface area contributed by atoms with Gasteiger partial charge in [-0.25, -0.2) is 0 Å². The Kier molecular flexibility index (Phi) is 5.15. The Morgan fingerprint density at radius 2 is 1.75 bits per heavy atom. The van der Waals surface area contributed by atoms with Gasteiger partial charge in [-0.3, -0.25) is 9.69 Å². The Morgan fingerprint density at radius 3 is 2.30 bits per heavy atom. The number of piperazine rings is 1. The van der Waals surface area contributed by atoms with Crippen molar-refractivity contribution in [2.75, 3.05) is 31.5 Å². The van der Waals surface area contributed by atoms with Gasteiger partial charge in [0.05, 0.1) is 6.04 Å². The van der Waals surface area contributed by atoms with Crippen LogP contribution >= 0.6 is 0 Å². The van der Waals surface area contributed by atoms with E-state index in [4.69, 9.17) is 0 Å². The zero-order valence-corrected chi connectivity index (χ0v) is 12.6. The molecule has 110 valence electrons. The normalized spacial score (nSPS) is 18.0. The zero-order chi connectivity index (χ0) is 14.5. The molecule has 0 radical (unpaired) electrons. The first-order chi connectivity index (χ1) is 9.58. The van der Waals surface area contributed by atoms with Crippen LogP contribution in [0.15, 0.2) is 24.3 Å². The van der Waals surface area contributed by atoms with E-state index < -0.39 is 0 Å². The molecule has 0 saturated carbocycles. The van der Waals surface area contributed by atoms with Crippen LogP contribution in [0, 0.1) is 0 Å². The van der Waals surface area contributed by atoms with Gasteiger partial charge >= 0.3 is 0 Å². The molecule has 1 heterocycles. The van der Waals surface area contributed by atoms with Gasteiger partial charge in [0.1, 0.15) is 0 Å². The fourth-order valence-corrected chi connectivity index (χ4v) is 2.43. The SMILES string of the molecule is CC(C)c1ccc(NC(=O)C(C)N2CCNCC2)cc1. The number of benzene rings is 1. The van der Waals surface area contributed by atoms with E-state index in [9.17, 15) is 4.79 Å². The maximum atomic E-state index is 12.3. The van der Waals surface area contributed by atoms with Crippen molar-refractivity contribution in [2.24, 2.45) is 0 Å². The number of rotatable bonds is 4. The fourth-order valence-electron chi connectivity index (χ4n) is 2.43. The van der Waals surface area contributed by atoms with Crippen molar-refractivity contribution < 1.29 is 4.79 Å². The van der Waals surface area contributed by atoms with Crippen LogP contribution in [0.4, 0.5) is 5.69 Å². The molecule has 1 fully saturated rings. The summed E-state index contributed by atoms with van der Waals surface area (Å²) in [6, 6.07) is 8.04. The van der Waals surface area contributed by atoms with Crippen LogP contribution < -0.4 is 10.6 Å². The molecule has 20 heavy (non-hydrogen) atoms. The Balaban J connectivity index is 1.92. The Morgan fingerprint density at radius 1 is 1.15 bits per heavy atom. The van der Waals surface area contributed by atoms with E-state index >= 15 is 0 Å². The second-order valence-electron chi connectivity index (χ2n) is 5.73. The van der Waals surface area contributed by atoms with E-state index in [2.05, 4.69) is 41.5 Å². The molecule has 0 spiro atoms. The van der Waals surface area contributed by atoms with Gasteiger partial charge in [-0.2, -0.15) is 0 Å². The third kappa shape index (κ3) is 3.81. The average molecular weight is 275 g/mol. The summed E-state index contributed by atoms with van der Waals surface area (Å²) < 4.78 is 0. The van der Waals surface area contributed by atoms with Crippen molar-refractivity contribution in [3.05, 3.63) is 29.8 Å². The number of nitrogens with zero attached hydrogens (tertiary/aromatic N) is 1. The molecule has 1 aromatic carbocycles. The second-order valence-corrected chi connectivity index (χ2v) is 5.73. The van der Waals surface area contributed by atoms with Gasteiger partial charge in [0.2, 0.25) is 5.91 Å². The molecule has 0 aromatic heterocycles. The number of anilines is 1. The quantitative estimate of drug-likeness (QED) is 0.884. The van der Waals surface area contributed by atoms with Gasteiger partial charge in [0.15, 0.2) is 0 Å². The molecule has 4 nitrogen and oxygen atoms in total.